The van der Waals surface area contributed by atoms with Gasteiger partial charge in [0, 0.05) is 18.6 Å². The second kappa shape index (κ2) is 5.64. The first-order chi connectivity index (χ1) is 9.22. The molecule has 0 bridgehead atoms. The highest BCUT2D eigenvalue weighted by molar-refractivity contribution is 5.30. The van der Waals surface area contributed by atoms with Gasteiger partial charge in [0.05, 0.1) is 0 Å². The zero-order chi connectivity index (χ0) is 13.2. The second-order valence-corrected chi connectivity index (χ2v) is 6.36. The second-order valence-electron chi connectivity index (χ2n) is 6.36. The molecular weight excluding hydrogens is 232 g/mol. The zero-order valence-electron chi connectivity index (χ0n) is 12.3. The molecule has 104 valence electrons. The van der Waals surface area contributed by atoms with Gasteiger partial charge in [-0.05, 0) is 63.7 Å². The largest absolute Gasteiger partial charge is 0.310 e. The van der Waals surface area contributed by atoms with Gasteiger partial charge in [0.15, 0.2) is 0 Å². The van der Waals surface area contributed by atoms with E-state index in [9.17, 15) is 0 Å². The highest BCUT2D eigenvalue weighted by Crippen LogP contribution is 2.27. The molecule has 2 aliphatic heterocycles. The van der Waals surface area contributed by atoms with Crippen LogP contribution in [-0.2, 0) is 6.54 Å². The van der Waals surface area contributed by atoms with E-state index in [0.29, 0.717) is 0 Å². The molecule has 1 aromatic carbocycles. The molecular formula is C17H26N2. The number of nitrogens with one attached hydrogen (secondary N) is 1. The normalized spacial score (nSPS) is 27.5. The van der Waals surface area contributed by atoms with Crippen LogP contribution in [0.5, 0.6) is 0 Å². The summed E-state index contributed by atoms with van der Waals surface area (Å²) in [7, 11) is 0. The molecule has 2 atom stereocenters. The molecule has 0 spiro atoms. The number of hydrogen-bond acceptors (Lipinski definition) is 2. The van der Waals surface area contributed by atoms with E-state index in [1.807, 2.05) is 0 Å². The molecule has 2 heterocycles. The lowest BCUT2D eigenvalue weighted by Crippen LogP contribution is -2.45. The Morgan fingerprint density at radius 3 is 3.00 bits per heavy atom. The van der Waals surface area contributed by atoms with Gasteiger partial charge in [0.2, 0.25) is 0 Å². The Hall–Kier alpha value is -0.860. The van der Waals surface area contributed by atoms with Crippen molar-refractivity contribution >= 4 is 0 Å². The van der Waals surface area contributed by atoms with E-state index in [1.165, 1.54) is 55.5 Å². The Morgan fingerprint density at radius 2 is 2.11 bits per heavy atom. The third kappa shape index (κ3) is 3.01. The lowest BCUT2D eigenvalue weighted by atomic mass is 9.97. The van der Waals surface area contributed by atoms with Crippen molar-refractivity contribution in [1.29, 1.82) is 0 Å². The van der Waals surface area contributed by atoms with E-state index in [-0.39, 0.29) is 0 Å². The van der Waals surface area contributed by atoms with E-state index in [2.05, 4.69) is 42.3 Å². The Bertz CT molecular complexity index is 441. The lowest BCUT2D eigenvalue weighted by molar-refractivity contribution is 0.166. The fourth-order valence-corrected chi connectivity index (χ4v) is 3.65. The minimum Gasteiger partial charge on any atom is -0.310 e. The van der Waals surface area contributed by atoms with Gasteiger partial charge >= 0.3 is 0 Å². The summed E-state index contributed by atoms with van der Waals surface area (Å²) in [6, 6.07) is 8.36. The Balaban J connectivity index is 1.56. The van der Waals surface area contributed by atoms with Gasteiger partial charge in [0.1, 0.15) is 0 Å². The predicted octanol–water partition coefficient (Wildman–Crippen LogP) is 3.02. The fourth-order valence-electron chi connectivity index (χ4n) is 3.65. The SMILES string of the molecule is Cc1ccc(C)c(CNC2CCN3CCCC3C2)c1. The van der Waals surface area contributed by atoms with Crippen molar-refractivity contribution < 1.29 is 0 Å². The average Bonchev–Trinajstić information content (AvgIpc) is 2.87. The third-order valence-electron chi connectivity index (χ3n) is 4.91. The number of aryl methyl sites for hydroxylation is 2. The number of benzene rings is 1. The molecule has 19 heavy (non-hydrogen) atoms. The van der Waals surface area contributed by atoms with Crippen molar-refractivity contribution in [2.24, 2.45) is 0 Å². The molecule has 2 saturated heterocycles. The first-order valence-corrected chi connectivity index (χ1v) is 7.76. The molecule has 1 aromatic rings. The van der Waals surface area contributed by atoms with Crippen LogP contribution < -0.4 is 5.32 Å². The van der Waals surface area contributed by atoms with E-state index in [1.54, 1.807) is 0 Å². The Labute approximate surface area is 117 Å². The molecule has 0 amide bonds. The Morgan fingerprint density at radius 1 is 1.21 bits per heavy atom. The lowest BCUT2D eigenvalue weighted by Gasteiger charge is -2.35. The molecule has 0 radical (unpaired) electrons. The van der Waals surface area contributed by atoms with Gasteiger partial charge in [-0.15, -0.1) is 0 Å². The molecule has 2 aliphatic rings. The van der Waals surface area contributed by atoms with Crippen molar-refractivity contribution in [2.75, 3.05) is 13.1 Å². The molecule has 3 rings (SSSR count). The number of fused-ring (bicyclic) bond motifs is 1. The number of piperidine rings is 1. The third-order valence-corrected chi connectivity index (χ3v) is 4.91. The maximum atomic E-state index is 3.79. The van der Waals surface area contributed by atoms with Gasteiger partial charge in [0.25, 0.3) is 0 Å². The fraction of sp³-hybridized carbons (Fsp3) is 0.647. The minimum atomic E-state index is 0.722. The topological polar surface area (TPSA) is 15.3 Å². The van der Waals surface area contributed by atoms with Crippen molar-refractivity contribution in [3.8, 4) is 0 Å². The molecule has 0 aliphatic carbocycles. The van der Waals surface area contributed by atoms with Crippen LogP contribution in [0.1, 0.15) is 42.4 Å². The predicted molar refractivity (Wildman–Crippen MR) is 80.4 cm³/mol. The summed E-state index contributed by atoms with van der Waals surface area (Å²) in [4.78, 5) is 2.69. The first kappa shape index (κ1) is 13.1. The molecule has 2 fully saturated rings. The maximum absolute atomic E-state index is 3.79. The summed E-state index contributed by atoms with van der Waals surface area (Å²) in [5.41, 5.74) is 4.25. The van der Waals surface area contributed by atoms with Crippen LogP contribution in [0.3, 0.4) is 0 Å². The molecule has 0 saturated carbocycles. The van der Waals surface area contributed by atoms with E-state index in [4.69, 9.17) is 0 Å². The van der Waals surface area contributed by atoms with Gasteiger partial charge in [-0.25, -0.2) is 0 Å². The van der Waals surface area contributed by atoms with Crippen molar-refractivity contribution in [3.05, 3.63) is 34.9 Å². The molecule has 0 aromatic heterocycles. The first-order valence-electron chi connectivity index (χ1n) is 7.76. The van der Waals surface area contributed by atoms with Crippen LogP contribution in [0.25, 0.3) is 0 Å². The van der Waals surface area contributed by atoms with E-state index >= 15 is 0 Å². The Kier molecular flexibility index (Phi) is 3.90. The highest BCUT2D eigenvalue weighted by atomic mass is 15.2. The highest BCUT2D eigenvalue weighted by Gasteiger charge is 2.31. The van der Waals surface area contributed by atoms with Crippen molar-refractivity contribution in [1.82, 2.24) is 10.2 Å². The van der Waals surface area contributed by atoms with Gasteiger partial charge in [-0.1, -0.05) is 23.8 Å². The molecule has 2 heteroatoms. The van der Waals surface area contributed by atoms with Crippen molar-refractivity contribution in [2.45, 2.75) is 58.2 Å². The van der Waals surface area contributed by atoms with Crippen LogP contribution in [0.4, 0.5) is 0 Å². The zero-order valence-corrected chi connectivity index (χ0v) is 12.3. The van der Waals surface area contributed by atoms with Crippen LogP contribution >= 0.6 is 0 Å². The van der Waals surface area contributed by atoms with Crippen LogP contribution in [0.15, 0.2) is 18.2 Å². The molecule has 2 unspecified atom stereocenters. The number of hydrogen-bond donors (Lipinski definition) is 1. The summed E-state index contributed by atoms with van der Waals surface area (Å²) >= 11 is 0. The summed E-state index contributed by atoms with van der Waals surface area (Å²) < 4.78 is 0. The minimum absolute atomic E-state index is 0.722. The summed E-state index contributed by atoms with van der Waals surface area (Å²) in [5, 5.41) is 3.79. The average molecular weight is 258 g/mol. The standard InChI is InChI=1S/C17H26N2/c1-13-5-6-14(2)15(10-13)12-18-16-7-9-19-8-3-4-17(19)11-16/h5-6,10,16-18H,3-4,7-9,11-12H2,1-2H3. The summed E-state index contributed by atoms with van der Waals surface area (Å²) in [5.74, 6) is 0. The summed E-state index contributed by atoms with van der Waals surface area (Å²) in [6.45, 7) is 8.07. The maximum Gasteiger partial charge on any atom is 0.0210 e. The smallest absolute Gasteiger partial charge is 0.0210 e. The quantitative estimate of drug-likeness (QED) is 0.896. The summed E-state index contributed by atoms with van der Waals surface area (Å²) in [6.07, 6.45) is 5.50. The number of nitrogens with zero attached hydrogens (tertiary/aromatic N) is 1. The number of rotatable bonds is 3. The molecule has 2 nitrogen and oxygen atoms in total. The van der Waals surface area contributed by atoms with Gasteiger partial charge in [-0.3, -0.25) is 0 Å². The van der Waals surface area contributed by atoms with Crippen LogP contribution in [-0.4, -0.2) is 30.1 Å². The van der Waals surface area contributed by atoms with Crippen molar-refractivity contribution in [3.63, 3.8) is 0 Å². The van der Waals surface area contributed by atoms with E-state index < -0.39 is 0 Å². The van der Waals surface area contributed by atoms with Crippen LogP contribution in [0, 0.1) is 13.8 Å². The monoisotopic (exact) mass is 258 g/mol. The van der Waals surface area contributed by atoms with Gasteiger partial charge < -0.3 is 10.2 Å². The molecule has 1 N–H and O–H groups in total. The van der Waals surface area contributed by atoms with Gasteiger partial charge in [-0.2, -0.15) is 0 Å². The van der Waals surface area contributed by atoms with E-state index in [0.717, 1.165) is 18.6 Å². The van der Waals surface area contributed by atoms with Crippen LogP contribution in [0.2, 0.25) is 0 Å².